The second kappa shape index (κ2) is 6.86. The van der Waals surface area contributed by atoms with E-state index in [0.29, 0.717) is 27.5 Å². The first-order chi connectivity index (χ1) is 12.2. The van der Waals surface area contributed by atoms with E-state index >= 15 is 0 Å². The number of fused-ring (bicyclic) bond motifs is 1. The summed E-state index contributed by atoms with van der Waals surface area (Å²) in [5, 5.41) is 12.6. The maximum Gasteiger partial charge on any atom is 0.247 e. The van der Waals surface area contributed by atoms with Gasteiger partial charge in [0.15, 0.2) is 5.82 Å². The SMILES string of the molecule is Clc1ccc(Cl)c(Nc2cnnc(N3CCc4ccccc4C3)n2)c1. The molecule has 0 fully saturated rings. The van der Waals surface area contributed by atoms with Crippen LogP contribution < -0.4 is 10.2 Å². The molecule has 5 nitrogen and oxygen atoms in total. The molecule has 0 radical (unpaired) electrons. The Labute approximate surface area is 155 Å². The van der Waals surface area contributed by atoms with Crippen LogP contribution in [-0.4, -0.2) is 21.7 Å². The molecule has 0 saturated carbocycles. The van der Waals surface area contributed by atoms with Crippen LogP contribution in [0.4, 0.5) is 17.5 Å². The van der Waals surface area contributed by atoms with Crippen molar-refractivity contribution in [2.24, 2.45) is 0 Å². The lowest BCUT2D eigenvalue weighted by Gasteiger charge is -2.28. The summed E-state index contributed by atoms with van der Waals surface area (Å²) in [4.78, 5) is 6.70. The van der Waals surface area contributed by atoms with Crippen LogP contribution in [0.25, 0.3) is 0 Å². The monoisotopic (exact) mass is 371 g/mol. The number of benzene rings is 2. The van der Waals surface area contributed by atoms with Gasteiger partial charge in [-0.2, -0.15) is 10.1 Å². The molecule has 7 heteroatoms. The van der Waals surface area contributed by atoms with Crippen molar-refractivity contribution in [1.82, 2.24) is 15.2 Å². The molecule has 0 unspecified atom stereocenters. The van der Waals surface area contributed by atoms with E-state index in [9.17, 15) is 0 Å². The number of hydrogen-bond acceptors (Lipinski definition) is 5. The molecule has 0 amide bonds. The predicted molar refractivity (Wildman–Crippen MR) is 101 cm³/mol. The number of nitrogens with zero attached hydrogens (tertiary/aromatic N) is 4. The number of halogens is 2. The minimum atomic E-state index is 0.566. The average Bonchev–Trinajstić information content (AvgIpc) is 2.64. The smallest absolute Gasteiger partial charge is 0.247 e. The third-order valence-corrected chi connectivity index (χ3v) is 4.72. The van der Waals surface area contributed by atoms with Crippen LogP contribution in [0, 0.1) is 0 Å². The molecule has 0 aliphatic carbocycles. The first-order valence-corrected chi connectivity index (χ1v) is 8.68. The lowest BCUT2D eigenvalue weighted by molar-refractivity contribution is 0.698. The summed E-state index contributed by atoms with van der Waals surface area (Å²) in [6.07, 6.45) is 2.54. The zero-order chi connectivity index (χ0) is 17.2. The Morgan fingerprint density at radius 3 is 2.76 bits per heavy atom. The van der Waals surface area contributed by atoms with Crippen molar-refractivity contribution in [3.8, 4) is 0 Å². The fourth-order valence-electron chi connectivity index (χ4n) is 2.89. The van der Waals surface area contributed by atoms with E-state index in [2.05, 4.69) is 49.7 Å². The molecule has 0 bridgehead atoms. The summed E-state index contributed by atoms with van der Waals surface area (Å²) in [6.45, 7) is 1.64. The molecule has 25 heavy (non-hydrogen) atoms. The summed E-state index contributed by atoms with van der Waals surface area (Å²) < 4.78 is 0. The third kappa shape index (κ3) is 3.52. The number of nitrogens with one attached hydrogen (secondary N) is 1. The van der Waals surface area contributed by atoms with Gasteiger partial charge in [0.25, 0.3) is 0 Å². The molecule has 126 valence electrons. The second-order valence-electron chi connectivity index (χ2n) is 5.83. The van der Waals surface area contributed by atoms with Gasteiger partial charge < -0.3 is 10.2 Å². The standard InChI is InChI=1S/C18H15Cl2N5/c19-14-5-6-15(20)16(9-14)22-17-10-21-24-18(23-17)25-8-7-12-3-1-2-4-13(12)11-25/h1-6,9-10H,7-8,11H2,(H,22,23,24). The van der Waals surface area contributed by atoms with Crippen LogP contribution in [0.3, 0.4) is 0 Å². The molecule has 0 atom stereocenters. The highest BCUT2D eigenvalue weighted by Crippen LogP contribution is 2.28. The Hall–Kier alpha value is -2.37. The van der Waals surface area contributed by atoms with Gasteiger partial charge in [-0.15, -0.1) is 5.10 Å². The summed E-state index contributed by atoms with van der Waals surface area (Å²) in [5.41, 5.74) is 3.37. The van der Waals surface area contributed by atoms with Crippen molar-refractivity contribution >= 4 is 40.7 Å². The van der Waals surface area contributed by atoms with Crippen molar-refractivity contribution < 1.29 is 0 Å². The van der Waals surface area contributed by atoms with Gasteiger partial charge in [0, 0.05) is 18.1 Å². The molecule has 4 rings (SSSR count). The molecule has 1 aromatic heterocycles. The van der Waals surface area contributed by atoms with E-state index in [1.165, 1.54) is 11.1 Å². The number of rotatable bonds is 3. The largest absolute Gasteiger partial charge is 0.338 e. The first-order valence-electron chi connectivity index (χ1n) is 7.92. The van der Waals surface area contributed by atoms with Gasteiger partial charge in [0.1, 0.15) is 0 Å². The highest BCUT2D eigenvalue weighted by molar-refractivity contribution is 6.35. The van der Waals surface area contributed by atoms with Gasteiger partial charge in [-0.3, -0.25) is 0 Å². The lowest BCUT2D eigenvalue weighted by Crippen LogP contribution is -2.32. The molecule has 2 aromatic carbocycles. The van der Waals surface area contributed by atoms with Crippen molar-refractivity contribution in [3.63, 3.8) is 0 Å². The highest BCUT2D eigenvalue weighted by atomic mass is 35.5. The van der Waals surface area contributed by atoms with Crippen LogP contribution >= 0.6 is 23.2 Å². The zero-order valence-electron chi connectivity index (χ0n) is 13.3. The Balaban J connectivity index is 1.57. The minimum absolute atomic E-state index is 0.566. The number of hydrogen-bond donors (Lipinski definition) is 1. The van der Waals surface area contributed by atoms with Gasteiger partial charge in [0.05, 0.1) is 16.9 Å². The molecule has 1 N–H and O–H groups in total. The van der Waals surface area contributed by atoms with Crippen LogP contribution in [0.1, 0.15) is 11.1 Å². The Morgan fingerprint density at radius 2 is 1.88 bits per heavy atom. The van der Waals surface area contributed by atoms with Crippen molar-refractivity contribution in [3.05, 3.63) is 69.8 Å². The Bertz CT molecular complexity index is 915. The fraction of sp³-hybridized carbons (Fsp3) is 0.167. The minimum Gasteiger partial charge on any atom is -0.338 e. The lowest BCUT2D eigenvalue weighted by atomic mass is 10.0. The van der Waals surface area contributed by atoms with E-state index in [0.717, 1.165) is 19.5 Å². The van der Waals surface area contributed by atoms with E-state index in [-0.39, 0.29) is 0 Å². The molecule has 0 saturated heterocycles. The van der Waals surface area contributed by atoms with Crippen LogP contribution in [0.2, 0.25) is 10.0 Å². The second-order valence-corrected chi connectivity index (χ2v) is 6.67. The molecular formula is C18H15Cl2N5. The molecular weight excluding hydrogens is 357 g/mol. The van der Waals surface area contributed by atoms with Crippen LogP contribution in [-0.2, 0) is 13.0 Å². The maximum absolute atomic E-state index is 6.20. The molecule has 1 aliphatic heterocycles. The van der Waals surface area contributed by atoms with Gasteiger partial charge in [-0.1, -0.05) is 47.5 Å². The zero-order valence-corrected chi connectivity index (χ0v) is 14.8. The van der Waals surface area contributed by atoms with E-state index in [1.807, 2.05) is 0 Å². The molecule has 0 spiro atoms. The van der Waals surface area contributed by atoms with Gasteiger partial charge in [-0.25, -0.2) is 0 Å². The van der Waals surface area contributed by atoms with Crippen molar-refractivity contribution in [2.75, 3.05) is 16.8 Å². The van der Waals surface area contributed by atoms with Gasteiger partial charge >= 0.3 is 0 Å². The topological polar surface area (TPSA) is 53.9 Å². The quantitative estimate of drug-likeness (QED) is 0.735. The molecule has 3 aromatic rings. The normalized spacial score (nSPS) is 13.4. The Morgan fingerprint density at radius 1 is 1.04 bits per heavy atom. The summed E-state index contributed by atoms with van der Waals surface area (Å²) in [5.74, 6) is 1.17. The Kier molecular flexibility index (Phi) is 4.42. The summed E-state index contributed by atoms with van der Waals surface area (Å²) >= 11 is 12.2. The summed E-state index contributed by atoms with van der Waals surface area (Å²) in [7, 11) is 0. The van der Waals surface area contributed by atoms with E-state index in [1.54, 1.807) is 24.4 Å². The average molecular weight is 372 g/mol. The van der Waals surface area contributed by atoms with E-state index < -0.39 is 0 Å². The van der Waals surface area contributed by atoms with Gasteiger partial charge in [0.2, 0.25) is 5.95 Å². The maximum atomic E-state index is 6.20. The predicted octanol–water partition coefficient (Wildman–Crippen LogP) is 4.48. The van der Waals surface area contributed by atoms with Crippen LogP contribution in [0.5, 0.6) is 0 Å². The molecule has 2 heterocycles. The number of aromatic nitrogens is 3. The van der Waals surface area contributed by atoms with Crippen LogP contribution in [0.15, 0.2) is 48.7 Å². The fourth-order valence-corrected chi connectivity index (χ4v) is 3.22. The van der Waals surface area contributed by atoms with Gasteiger partial charge in [-0.05, 0) is 35.7 Å². The highest BCUT2D eigenvalue weighted by Gasteiger charge is 2.18. The van der Waals surface area contributed by atoms with Crippen molar-refractivity contribution in [1.29, 1.82) is 0 Å². The third-order valence-electron chi connectivity index (χ3n) is 4.15. The number of anilines is 3. The first kappa shape index (κ1) is 16.1. The molecule has 1 aliphatic rings. The summed E-state index contributed by atoms with van der Waals surface area (Å²) in [6, 6.07) is 13.7. The van der Waals surface area contributed by atoms with E-state index in [4.69, 9.17) is 23.2 Å². The van der Waals surface area contributed by atoms with Crippen molar-refractivity contribution in [2.45, 2.75) is 13.0 Å².